The van der Waals surface area contributed by atoms with Gasteiger partial charge in [0.15, 0.2) is 0 Å². The van der Waals surface area contributed by atoms with Gasteiger partial charge in [-0.1, -0.05) is 25.1 Å². The number of hydrogen-bond donors (Lipinski definition) is 0. The van der Waals surface area contributed by atoms with Crippen molar-refractivity contribution in [3.05, 3.63) is 34.9 Å². The molecule has 1 nitrogen and oxygen atoms in total. The first-order valence-corrected chi connectivity index (χ1v) is 4.83. The minimum Gasteiger partial charge on any atom is -0.303 e. The molecule has 0 saturated heterocycles. The molecule has 13 heavy (non-hydrogen) atoms. The monoisotopic (exact) mass is 196 g/mol. The van der Waals surface area contributed by atoms with E-state index >= 15 is 0 Å². The molecule has 0 aliphatic heterocycles. The second kappa shape index (κ2) is 4.43. The molecule has 0 bridgehead atoms. The molecule has 1 atom stereocenters. The molecule has 1 unspecified atom stereocenters. The van der Waals surface area contributed by atoms with E-state index in [2.05, 4.69) is 0 Å². The maximum Gasteiger partial charge on any atom is 0.127 e. The van der Waals surface area contributed by atoms with E-state index < -0.39 is 0 Å². The predicted molar refractivity (Wildman–Crippen MR) is 55.2 cm³/mol. The lowest BCUT2D eigenvalue weighted by atomic mass is 9.98. The summed E-state index contributed by atoms with van der Waals surface area (Å²) in [4.78, 5) is 10.6. The van der Waals surface area contributed by atoms with Gasteiger partial charge in [0.25, 0.3) is 0 Å². The van der Waals surface area contributed by atoms with Gasteiger partial charge in [-0.2, -0.15) is 0 Å². The molecule has 0 saturated carbocycles. The Hall–Kier alpha value is -0.820. The molecule has 0 spiro atoms. The van der Waals surface area contributed by atoms with Gasteiger partial charge in [-0.15, -0.1) is 11.6 Å². The summed E-state index contributed by atoms with van der Waals surface area (Å²) in [7, 11) is 0. The van der Waals surface area contributed by atoms with Crippen LogP contribution in [0.1, 0.15) is 29.5 Å². The van der Waals surface area contributed by atoms with E-state index in [0.29, 0.717) is 5.88 Å². The molecule has 0 amide bonds. The first-order valence-electron chi connectivity index (χ1n) is 4.29. The molecule has 1 aromatic carbocycles. The van der Waals surface area contributed by atoms with E-state index in [1.807, 2.05) is 32.0 Å². The van der Waals surface area contributed by atoms with Gasteiger partial charge in [0.1, 0.15) is 6.29 Å². The number of carbonyl (C=O) groups is 1. The summed E-state index contributed by atoms with van der Waals surface area (Å²) in [5.74, 6) is 0.466. The highest BCUT2D eigenvalue weighted by Crippen LogP contribution is 2.18. The highest BCUT2D eigenvalue weighted by Gasteiger charge is 2.05. The van der Waals surface area contributed by atoms with Gasteiger partial charge in [0.2, 0.25) is 0 Å². The van der Waals surface area contributed by atoms with Crippen molar-refractivity contribution in [2.45, 2.75) is 25.6 Å². The van der Waals surface area contributed by atoms with Crippen LogP contribution in [0.15, 0.2) is 18.2 Å². The van der Waals surface area contributed by atoms with E-state index in [9.17, 15) is 4.79 Å². The number of aryl methyl sites for hydroxylation is 1. The lowest BCUT2D eigenvalue weighted by molar-refractivity contribution is -0.108. The smallest absolute Gasteiger partial charge is 0.127 e. The Kier molecular flexibility index (Phi) is 3.49. The van der Waals surface area contributed by atoms with Crippen molar-refractivity contribution in [2.24, 2.45) is 0 Å². The topological polar surface area (TPSA) is 17.1 Å². The Bertz CT molecular complexity index is 307. The maximum atomic E-state index is 10.6. The SMILES string of the molecule is Cc1ccc(C(C)C=O)cc1CCl. The standard InChI is InChI=1S/C11H13ClO/c1-8-3-4-10(9(2)7-13)5-11(8)6-12/h3-5,7,9H,6H2,1-2H3. The molecule has 0 aliphatic carbocycles. The van der Waals surface area contributed by atoms with Gasteiger partial charge in [-0.3, -0.25) is 0 Å². The number of aldehydes is 1. The normalized spacial score (nSPS) is 12.5. The summed E-state index contributed by atoms with van der Waals surface area (Å²) in [5.41, 5.74) is 3.32. The Morgan fingerprint density at radius 3 is 2.77 bits per heavy atom. The predicted octanol–water partition coefficient (Wildman–Crippen LogP) is 3.04. The van der Waals surface area contributed by atoms with E-state index in [1.165, 1.54) is 5.56 Å². The second-order valence-electron chi connectivity index (χ2n) is 3.24. The Morgan fingerprint density at radius 2 is 2.23 bits per heavy atom. The Balaban J connectivity index is 3.05. The van der Waals surface area contributed by atoms with E-state index in [4.69, 9.17) is 11.6 Å². The third kappa shape index (κ3) is 2.31. The number of carbonyl (C=O) groups excluding carboxylic acids is 1. The molecule has 0 heterocycles. The van der Waals surface area contributed by atoms with Gasteiger partial charge >= 0.3 is 0 Å². The molecule has 0 N–H and O–H groups in total. The van der Waals surface area contributed by atoms with Crippen LogP contribution in [0.3, 0.4) is 0 Å². The summed E-state index contributed by atoms with van der Waals surface area (Å²) < 4.78 is 0. The van der Waals surface area contributed by atoms with Crippen LogP contribution in [0.4, 0.5) is 0 Å². The van der Waals surface area contributed by atoms with Crippen molar-refractivity contribution in [3.63, 3.8) is 0 Å². The minimum atomic E-state index is -0.0393. The molecular weight excluding hydrogens is 184 g/mol. The van der Waals surface area contributed by atoms with Crippen LogP contribution in [-0.4, -0.2) is 6.29 Å². The summed E-state index contributed by atoms with van der Waals surface area (Å²) in [6, 6.07) is 5.99. The van der Waals surface area contributed by atoms with Crippen molar-refractivity contribution >= 4 is 17.9 Å². The van der Waals surface area contributed by atoms with Crippen LogP contribution in [0.5, 0.6) is 0 Å². The third-order valence-corrected chi connectivity index (χ3v) is 2.53. The Morgan fingerprint density at radius 1 is 1.54 bits per heavy atom. The van der Waals surface area contributed by atoms with Crippen molar-refractivity contribution in [1.29, 1.82) is 0 Å². The first-order chi connectivity index (χ1) is 6.19. The molecule has 1 rings (SSSR count). The lowest BCUT2D eigenvalue weighted by Gasteiger charge is -2.08. The first kappa shape index (κ1) is 10.3. The molecule has 0 aliphatic rings. The van der Waals surface area contributed by atoms with Crippen LogP contribution in [0.2, 0.25) is 0 Å². The molecule has 2 heteroatoms. The average molecular weight is 197 g/mol. The highest BCUT2D eigenvalue weighted by atomic mass is 35.5. The van der Waals surface area contributed by atoms with Gasteiger partial charge in [-0.05, 0) is 23.6 Å². The van der Waals surface area contributed by atoms with Gasteiger partial charge in [0.05, 0.1) is 0 Å². The van der Waals surface area contributed by atoms with Crippen molar-refractivity contribution in [2.75, 3.05) is 0 Å². The Labute approximate surface area is 83.7 Å². The summed E-state index contributed by atoms with van der Waals surface area (Å²) in [6.45, 7) is 3.91. The number of alkyl halides is 1. The highest BCUT2D eigenvalue weighted by molar-refractivity contribution is 6.17. The lowest BCUT2D eigenvalue weighted by Crippen LogP contribution is -1.96. The zero-order valence-electron chi connectivity index (χ0n) is 7.88. The molecule has 70 valence electrons. The summed E-state index contributed by atoms with van der Waals surface area (Å²) in [6.07, 6.45) is 0.947. The van der Waals surface area contributed by atoms with Gasteiger partial charge in [0, 0.05) is 11.8 Å². The zero-order chi connectivity index (χ0) is 9.84. The minimum absolute atomic E-state index is 0.0393. The van der Waals surface area contributed by atoms with Crippen LogP contribution < -0.4 is 0 Å². The molecule has 0 aromatic heterocycles. The van der Waals surface area contributed by atoms with Gasteiger partial charge in [-0.25, -0.2) is 0 Å². The fourth-order valence-corrected chi connectivity index (χ4v) is 1.49. The molecule has 0 radical (unpaired) electrons. The number of benzene rings is 1. The fourth-order valence-electron chi connectivity index (χ4n) is 1.20. The number of hydrogen-bond acceptors (Lipinski definition) is 1. The largest absolute Gasteiger partial charge is 0.303 e. The molecule has 1 aromatic rings. The summed E-state index contributed by atoms with van der Waals surface area (Å²) in [5, 5.41) is 0. The number of rotatable bonds is 3. The fraction of sp³-hybridized carbons (Fsp3) is 0.364. The molecular formula is C11H13ClO. The van der Waals surface area contributed by atoms with Gasteiger partial charge < -0.3 is 4.79 Å². The van der Waals surface area contributed by atoms with E-state index in [-0.39, 0.29) is 5.92 Å². The van der Waals surface area contributed by atoms with Crippen molar-refractivity contribution in [1.82, 2.24) is 0 Å². The quantitative estimate of drug-likeness (QED) is 0.537. The number of halogens is 1. The summed E-state index contributed by atoms with van der Waals surface area (Å²) >= 11 is 5.76. The zero-order valence-corrected chi connectivity index (χ0v) is 8.64. The maximum absolute atomic E-state index is 10.6. The van der Waals surface area contributed by atoms with Crippen molar-refractivity contribution in [3.8, 4) is 0 Å². The van der Waals surface area contributed by atoms with E-state index in [1.54, 1.807) is 0 Å². The third-order valence-electron chi connectivity index (χ3n) is 2.25. The molecule has 0 fully saturated rings. The van der Waals surface area contributed by atoms with E-state index in [0.717, 1.165) is 17.4 Å². The van der Waals surface area contributed by atoms with Crippen LogP contribution in [-0.2, 0) is 10.7 Å². The average Bonchev–Trinajstić information content (AvgIpc) is 2.17. The van der Waals surface area contributed by atoms with Crippen LogP contribution in [0, 0.1) is 6.92 Å². The van der Waals surface area contributed by atoms with Crippen LogP contribution in [0.25, 0.3) is 0 Å². The van der Waals surface area contributed by atoms with Crippen molar-refractivity contribution < 1.29 is 4.79 Å². The van der Waals surface area contributed by atoms with Crippen LogP contribution >= 0.6 is 11.6 Å². The second-order valence-corrected chi connectivity index (χ2v) is 3.51.